The Bertz CT molecular complexity index is 829. The maximum absolute atomic E-state index is 12.4. The van der Waals surface area contributed by atoms with E-state index in [2.05, 4.69) is 20.6 Å². The van der Waals surface area contributed by atoms with E-state index in [4.69, 9.17) is 0 Å². The van der Waals surface area contributed by atoms with Gasteiger partial charge in [0.25, 0.3) is 5.91 Å². The molecule has 4 fully saturated rings. The van der Waals surface area contributed by atoms with Crippen LogP contribution in [0.15, 0.2) is 18.5 Å². The van der Waals surface area contributed by atoms with Gasteiger partial charge in [0.1, 0.15) is 5.65 Å². The van der Waals surface area contributed by atoms with Gasteiger partial charge in [0.05, 0.1) is 16.9 Å². The molecule has 6 heteroatoms. The van der Waals surface area contributed by atoms with E-state index in [0.29, 0.717) is 29.4 Å². The Hall–Kier alpha value is -2.08. The highest BCUT2D eigenvalue weighted by molar-refractivity contribution is 6.06. The Balaban J connectivity index is 1.54. The van der Waals surface area contributed by atoms with Crippen LogP contribution in [0.5, 0.6) is 0 Å². The van der Waals surface area contributed by atoms with E-state index in [1.807, 2.05) is 12.3 Å². The molecule has 4 saturated carbocycles. The number of carbonyl (C=O) groups is 1. The number of aromatic amines is 1. The lowest BCUT2D eigenvalue weighted by atomic mass is 9.52. The molecular weight excluding hydrogens is 316 g/mol. The largest absolute Gasteiger partial charge is 0.390 e. The number of hydrogen-bond acceptors (Lipinski definition) is 4. The Morgan fingerprint density at radius 2 is 2.08 bits per heavy atom. The number of carbonyl (C=O) groups excluding carboxylic acids is 1. The highest BCUT2D eigenvalue weighted by atomic mass is 16.3. The molecule has 0 radical (unpaired) electrons. The van der Waals surface area contributed by atoms with Crippen molar-refractivity contribution >= 4 is 22.6 Å². The molecule has 2 heterocycles. The van der Waals surface area contributed by atoms with E-state index in [9.17, 15) is 9.90 Å². The minimum absolute atomic E-state index is 0.124. The number of pyridine rings is 1. The summed E-state index contributed by atoms with van der Waals surface area (Å²) in [4.78, 5) is 19.9. The first-order chi connectivity index (χ1) is 12.1. The Morgan fingerprint density at radius 3 is 2.76 bits per heavy atom. The van der Waals surface area contributed by atoms with Crippen LogP contribution < -0.4 is 10.6 Å². The van der Waals surface area contributed by atoms with Gasteiger partial charge in [-0.3, -0.25) is 4.79 Å². The average Bonchev–Trinajstić information content (AvgIpc) is 3.04. The quantitative estimate of drug-likeness (QED) is 0.690. The molecule has 0 saturated heterocycles. The number of hydrogen-bond donors (Lipinski definition) is 4. The van der Waals surface area contributed by atoms with Gasteiger partial charge in [-0.05, 0) is 55.9 Å². The number of nitrogens with zero attached hydrogens (tertiary/aromatic N) is 1. The van der Waals surface area contributed by atoms with Crippen LogP contribution in [0, 0.1) is 17.8 Å². The highest BCUT2D eigenvalue weighted by Gasteiger charge is 2.54. The minimum atomic E-state index is -0.444. The second-order valence-electron chi connectivity index (χ2n) is 8.23. The molecule has 0 aliphatic heterocycles. The van der Waals surface area contributed by atoms with Gasteiger partial charge in [0.15, 0.2) is 0 Å². The number of aromatic nitrogens is 2. The fraction of sp³-hybridized carbons (Fsp3) is 0.579. The van der Waals surface area contributed by atoms with Gasteiger partial charge in [-0.2, -0.15) is 0 Å². The summed E-state index contributed by atoms with van der Waals surface area (Å²) < 4.78 is 0. The molecule has 4 bridgehead atoms. The molecule has 3 unspecified atom stereocenters. The third-order valence-corrected chi connectivity index (χ3v) is 6.61. The lowest BCUT2D eigenvalue weighted by molar-refractivity contribution is -0.129. The van der Waals surface area contributed by atoms with Crippen LogP contribution in [-0.4, -0.2) is 39.7 Å². The van der Waals surface area contributed by atoms with Gasteiger partial charge in [-0.25, -0.2) is 4.98 Å². The van der Waals surface area contributed by atoms with Crippen molar-refractivity contribution in [1.82, 2.24) is 15.3 Å². The van der Waals surface area contributed by atoms with Crippen molar-refractivity contribution in [1.29, 1.82) is 0 Å². The number of H-pyrrole nitrogens is 1. The summed E-state index contributed by atoms with van der Waals surface area (Å²) in [5, 5.41) is 18.2. The summed E-state index contributed by atoms with van der Waals surface area (Å²) in [6, 6.07) is 2.29. The minimum Gasteiger partial charge on any atom is -0.390 e. The first-order valence-electron chi connectivity index (χ1n) is 9.23. The highest BCUT2D eigenvalue weighted by Crippen LogP contribution is 2.56. The van der Waals surface area contributed by atoms with Crippen molar-refractivity contribution < 1.29 is 9.90 Å². The lowest BCUT2D eigenvalue weighted by Crippen LogP contribution is -2.59. The number of anilines is 1. The molecule has 1 amide bonds. The van der Waals surface area contributed by atoms with Gasteiger partial charge in [-0.15, -0.1) is 0 Å². The van der Waals surface area contributed by atoms with E-state index in [1.165, 1.54) is 12.8 Å². The number of nitrogens with one attached hydrogen (secondary N) is 3. The molecule has 4 N–H and O–H groups in total. The van der Waals surface area contributed by atoms with Crippen LogP contribution in [0.2, 0.25) is 0 Å². The molecular formula is C19H24N4O2. The van der Waals surface area contributed by atoms with Gasteiger partial charge < -0.3 is 20.7 Å². The zero-order valence-electron chi connectivity index (χ0n) is 14.4. The molecule has 0 spiro atoms. The monoisotopic (exact) mass is 340 g/mol. The summed E-state index contributed by atoms with van der Waals surface area (Å²) in [6.45, 7) is 0. The maximum atomic E-state index is 12.4. The number of aliphatic hydroxyl groups is 1. The molecule has 0 aromatic carbocycles. The second-order valence-corrected chi connectivity index (χ2v) is 8.23. The fourth-order valence-corrected chi connectivity index (χ4v) is 5.85. The van der Waals surface area contributed by atoms with Gasteiger partial charge in [0, 0.05) is 30.9 Å². The van der Waals surface area contributed by atoms with Crippen LogP contribution in [-0.2, 0) is 0 Å². The molecule has 2 aromatic rings. The van der Waals surface area contributed by atoms with Crippen molar-refractivity contribution in [2.24, 2.45) is 17.8 Å². The van der Waals surface area contributed by atoms with Crippen molar-refractivity contribution in [3.63, 3.8) is 0 Å². The smallest absolute Gasteiger partial charge is 0.254 e. The third-order valence-electron chi connectivity index (χ3n) is 6.61. The molecule has 4 aliphatic carbocycles. The summed E-state index contributed by atoms with van der Waals surface area (Å²) in [7, 11) is 1.64. The second kappa shape index (κ2) is 5.21. The summed E-state index contributed by atoms with van der Waals surface area (Å²) >= 11 is 0. The van der Waals surface area contributed by atoms with Crippen LogP contribution in [0.25, 0.3) is 11.0 Å². The van der Waals surface area contributed by atoms with Crippen LogP contribution in [0.1, 0.15) is 42.5 Å². The number of fused-ring (bicyclic) bond motifs is 1. The van der Waals surface area contributed by atoms with E-state index in [-0.39, 0.29) is 5.91 Å². The first kappa shape index (κ1) is 15.2. The number of rotatable bonds is 3. The van der Waals surface area contributed by atoms with E-state index < -0.39 is 5.60 Å². The Labute approximate surface area is 146 Å². The topological polar surface area (TPSA) is 90.0 Å². The first-order valence-corrected chi connectivity index (χ1v) is 9.23. The van der Waals surface area contributed by atoms with E-state index >= 15 is 0 Å². The summed E-state index contributed by atoms with van der Waals surface area (Å²) in [6.07, 6.45) is 8.62. The van der Waals surface area contributed by atoms with Gasteiger partial charge in [-0.1, -0.05) is 0 Å². The van der Waals surface area contributed by atoms with Crippen molar-refractivity contribution in [2.45, 2.75) is 43.7 Å². The molecule has 132 valence electrons. The van der Waals surface area contributed by atoms with Crippen molar-refractivity contribution in [2.75, 3.05) is 12.4 Å². The maximum Gasteiger partial charge on any atom is 0.254 e. The molecule has 5 atom stereocenters. The zero-order valence-corrected chi connectivity index (χ0v) is 14.4. The number of amides is 1. The van der Waals surface area contributed by atoms with E-state index in [0.717, 1.165) is 36.0 Å². The normalized spacial score (nSPS) is 35.9. The summed E-state index contributed by atoms with van der Waals surface area (Å²) in [5.41, 5.74) is 1.80. The van der Waals surface area contributed by atoms with Crippen LogP contribution >= 0.6 is 0 Å². The predicted molar refractivity (Wildman–Crippen MR) is 95.4 cm³/mol. The summed E-state index contributed by atoms with van der Waals surface area (Å²) in [5.74, 6) is 1.51. The van der Waals surface area contributed by atoms with Crippen molar-refractivity contribution in [3.8, 4) is 0 Å². The van der Waals surface area contributed by atoms with Gasteiger partial charge >= 0.3 is 0 Å². The third kappa shape index (κ3) is 2.27. The SMILES string of the molecule is CNC(=O)c1cnc2[nH]ccc2c1NC1[C@@H]2CC3C[C@H]1CC(O)(C3)C2. The predicted octanol–water partition coefficient (Wildman–Crippen LogP) is 2.27. The molecule has 6 nitrogen and oxygen atoms in total. The Kier molecular flexibility index (Phi) is 3.17. The van der Waals surface area contributed by atoms with Crippen LogP contribution in [0.4, 0.5) is 5.69 Å². The zero-order chi connectivity index (χ0) is 17.2. The molecule has 25 heavy (non-hydrogen) atoms. The average molecular weight is 340 g/mol. The standard InChI is InChI=1S/C19H24N4O2/c1-20-18(24)14-9-22-17-13(2-3-21-17)16(14)23-15-11-4-10-5-12(15)8-19(25,6-10)7-11/h2-3,9-12,15,25H,4-8H2,1H3,(H,20,24)(H2,21,22,23)/t10?,11-,12+,15?,19?. The van der Waals surface area contributed by atoms with Crippen LogP contribution in [0.3, 0.4) is 0 Å². The molecule has 2 aromatic heterocycles. The molecule has 4 aliphatic rings. The van der Waals surface area contributed by atoms with Crippen molar-refractivity contribution in [3.05, 3.63) is 24.0 Å². The Morgan fingerprint density at radius 1 is 1.32 bits per heavy atom. The van der Waals surface area contributed by atoms with Gasteiger partial charge in [0.2, 0.25) is 0 Å². The fourth-order valence-electron chi connectivity index (χ4n) is 5.85. The molecule has 6 rings (SSSR count). The van der Waals surface area contributed by atoms with E-state index in [1.54, 1.807) is 13.2 Å². The lowest BCUT2D eigenvalue weighted by Gasteiger charge is -2.58.